The summed E-state index contributed by atoms with van der Waals surface area (Å²) >= 11 is 0. The van der Waals surface area contributed by atoms with Crippen LogP contribution in [0.15, 0.2) is 24.3 Å². The molecule has 1 aromatic carbocycles. The van der Waals surface area contributed by atoms with Crippen molar-refractivity contribution in [1.82, 2.24) is 5.32 Å². The molecule has 1 aromatic rings. The normalized spacial score (nSPS) is 13.2. The van der Waals surface area contributed by atoms with Gasteiger partial charge in [0, 0.05) is 6.54 Å². The minimum atomic E-state index is -0.585. The summed E-state index contributed by atoms with van der Waals surface area (Å²) in [6.07, 6.45) is 1.02. The lowest BCUT2D eigenvalue weighted by Gasteiger charge is -2.24. The van der Waals surface area contributed by atoms with E-state index in [0.29, 0.717) is 6.54 Å². The predicted octanol–water partition coefficient (Wildman–Crippen LogP) is 2.55. The van der Waals surface area contributed by atoms with E-state index in [9.17, 15) is 4.79 Å². The summed E-state index contributed by atoms with van der Waals surface area (Å²) in [5.74, 6) is -0.111. The summed E-state index contributed by atoms with van der Waals surface area (Å²) < 4.78 is 0. The summed E-state index contributed by atoms with van der Waals surface area (Å²) in [5, 5.41) is 2.92. The zero-order valence-electron chi connectivity index (χ0n) is 11.8. The van der Waals surface area contributed by atoms with Crippen molar-refractivity contribution in [3.63, 3.8) is 0 Å². The fraction of sp³-hybridized carbons (Fsp3) is 0.533. The van der Waals surface area contributed by atoms with Crippen LogP contribution in [0.2, 0.25) is 0 Å². The van der Waals surface area contributed by atoms with E-state index in [1.807, 2.05) is 31.2 Å². The second kappa shape index (κ2) is 6.01. The first-order valence-electron chi connectivity index (χ1n) is 6.45. The number of nitrogens with one attached hydrogen (secondary N) is 1. The Balaban J connectivity index is 2.59. The Morgan fingerprint density at radius 3 is 2.39 bits per heavy atom. The smallest absolute Gasteiger partial charge is 0.241 e. The van der Waals surface area contributed by atoms with Gasteiger partial charge in [-0.15, -0.1) is 0 Å². The average Bonchev–Trinajstić information content (AvgIpc) is 2.36. The van der Waals surface area contributed by atoms with Gasteiger partial charge in [0.15, 0.2) is 0 Å². The van der Waals surface area contributed by atoms with E-state index >= 15 is 0 Å². The quantitative estimate of drug-likeness (QED) is 0.841. The largest absolute Gasteiger partial charge is 0.354 e. The molecule has 1 amide bonds. The Hall–Kier alpha value is -1.35. The third-order valence-electron chi connectivity index (χ3n) is 3.42. The van der Waals surface area contributed by atoms with Crippen molar-refractivity contribution < 1.29 is 4.79 Å². The van der Waals surface area contributed by atoms with Gasteiger partial charge in [-0.2, -0.15) is 0 Å². The number of hydrogen-bond acceptors (Lipinski definition) is 2. The van der Waals surface area contributed by atoms with Gasteiger partial charge in [0.1, 0.15) is 6.04 Å². The molecule has 0 radical (unpaired) electrons. The second-order valence-electron chi connectivity index (χ2n) is 5.62. The van der Waals surface area contributed by atoms with Gasteiger partial charge in [0.05, 0.1) is 0 Å². The van der Waals surface area contributed by atoms with Gasteiger partial charge in [-0.1, -0.05) is 50.6 Å². The minimum Gasteiger partial charge on any atom is -0.354 e. The summed E-state index contributed by atoms with van der Waals surface area (Å²) in [5.41, 5.74) is 8.08. The molecule has 0 aliphatic carbocycles. The molecule has 100 valence electrons. The van der Waals surface area contributed by atoms with E-state index in [0.717, 1.165) is 12.0 Å². The van der Waals surface area contributed by atoms with Crippen LogP contribution < -0.4 is 11.1 Å². The topological polar surface area (TPSA) is 55.1 Å². The van der Waals surface area contributed by atoms with Crippen LogP contribution in [0, 0.1) is 12.3 Å². The number of aryl methyl sites for hydroxylation is 1. The molecule has 18 heavy (non-hydrogen) atoms. The van der Waals surface area contributed by atoms with Crippen molar-refractivity contribution in [2.75, 3.05) is 6.54 Å². The molecule has 1 rings (SSSR count). The summed E-state index contributed by atoms with van der Waals surface area (Å²) in [4.78, 5) is 12.0. The van der Waals surface area contributed by atoms with E-state index in [2.05, 4.69) is 26.1 Å². The average molecular weight is 248 g/mol. The number of carbonyl (C=O) groups is 1. The van der Waals surface area contributed by atoms with Crippen molar-refractivity contribution in [3.05, 3.63) is 35.4 Å². The maximum absolute atomic E-state index is 12.0. The highest BCUT2D eigenvalue weighted by atomic mass is 16.2. The zero-order chi connectivity index (χ0) is 13.8. The van der Waals surface area contributed by atoms with E-state index < -0.39 is 6.04 Å². The molecule has 0 saturated heterocycles. The van der Waals surface area contributed by atoms with Gasteiger partial charge in [0.2, 0.25) is 5.91 Å². The van der Waals surface area contributed by atoms with Gasteiger partial charge in [-0.25, -0.2) is 0 Å². The predicted molar refractivity (Wildman–Crippen MR) is 75.2 cm³/mol. The summed E-state index contributed by atoms with van der Waals surface area (Å²) in [6, 6.07) is 7.17. The molecule has 0 heterocycles. The molecule has 1 unspecified atom stereocenters. The number of carbonyl (C=O) groups excluding carboxylic acids is 1. The Morgan fingerprint density at radius 1 is 1.33 bits per heavy atom. The Bertz CT molecular complexity index is 395. The lowest BCUT2D eigenvalue weighted by atomic mass is 9.90. The second-order valence-corrected chi connectivity index (χ2v) is 5.62. The molecule has 0 saturated carbocycles. The van der Waals surface area contributed by atoms with Crippen LogP contribution in [0.3, 0.4) is 0 Å². The van der Waals surface area contributed by atoms with Crippen molar-refractivity contribution in [1.29, 1.82) is 0 Å². The molecule has 0 fully saturated rings. The number of rotatable bonds is 5. The Labute approximate surface area is 110 Å². The first-order valence-corrected chi connectivity index (χ1v) is 6.45. The van der Waals surface area contributed by atoms with Crippen LogP contribution in [0.1, 0.15) is 44.4 Å². The monoisotopic (exact) mass is 248 g/mol. The molecular weight excluding hydrogens is 224 g/mol. The maximum Gasteiger partial charge on any atom is 0.241 e. The van der Waals surface area contributed by atoms with Crippen LogP contribution in [-0.4, -0.2) is 12.5 Å². The fourth-order valence-electron chi connectivity index (χ4n) is 1.49. The first-order chi connectivity index (χ1) is 8.35. The van der Waals surface area contributed by atoms with E-state index in [1.165, 1.54) is 5.56 Å². The Kier molecular flexibility index (Phi) is 4.91. The lowest BCUT2D eigenvalue weighted by molar-refractivity contribution is -0.122. The van der Waals surface area contributed by atoms with Crippen molar-refractivity contribution in [2.45, 2.75) is 40.2 Å². The fourth-order valence-corrected chi connectivity index (χ4v) is 1.49. The summed E-state index contributed by atoms with van der Waals surface area (Å²) in [6.45, 7) is 9.04. The van der Waals surface area contributed by atoms with Gasteiger partial charge in [-0.3, -0.25) is 4.79 Å². The maximum atomic E-state index is 12.0. The molecule has 0 aromatic heterocycles. The third-order valence-corrected chi connectivity index (χ3v) is 3.42. The van der Waals surface area contributed by atoms with Crippen LogP contribution in [0.4, 0.5) is 0 Å². The third kappa shape index (κ3) is 4.15. The first kappa shape index (κ1) is 14.7. The van der Waals surface area contributed by atoms with E-state index in [4.69, 9.17) is 5.73 Å². The molecule has 3 heteroatoms. The molecule has 1 atom stereocenters. The molecule has 0 aliphatic heterocycles. The SMILES string of the molecule is CCC(C)(C)CNC(=O)C(N)c1ccc(C)cc1. The van der Waals surface area contributed by atoms with E-state index in [1.54, 1.807) is 0 Å². The van der Waals surface area contributed by atoms with Gasteiger partial charge in [0.25, 0.3) is 0 Å². The molecule has 0 spiro atoms. The zero-order valence-corrected chi connectivity index (χ0v) is 11.8. The highest BCUT2D eigenvalue weighted by Gasteiger charge is 2.20. The van der Waals surface area contributed by atoms with Gasteiger partial charge in [-0.05, 0) is 24.3 Å². The standard InChI is InChI=1S/C15H24N2O/c1-5-15(3,4)10-17-14(18)13(16)12-8-6-11(2)7-9-12/h6-9,13H,5,10,16H2,1-4H3,(H,17,18). The molecule has 0 aliphatic rings. The van der Waals surface area contributed by atoms with Crippen molar-refractivity contribution in [2.24, 2.45) is 11.1 Å². The highest BCUT2D eigenvalue weighted by molar-refractivity contribution is 5.82. The number of hydrogen-bond donors (Lipinski definition) is 2. The van der Waals surface area contributed by atoms with Gasteiger partial charge < -0.3 is 11.1 Å². The van der Waals surface area contributed by atoms with Crippen LogP contribution in [-0.2, 0) is 4.79 Å². The van der Waals surface area contributed by atoms with Gasteiger partial charge >= 0.3 is 0 Å². The van der Waals surface area contributed by atoms with E-state index in [-0.39, 0.29) is 11.3 Å². The molecule has 3 N–H and O–H groups in total. The number of nitrogens with two attached hydrogens (primary N) is 1. The number of benzene rings is 1. The van der Waals surface area contributed by atoms with Crippen LogP contribution >= 0.6 is 0 Å². The number of amides is 1. The Morgan fingerprint density at radius 2 is 1.89 bits per heavy atom. The minimum absolute atomic E-state index is 0.111. The molecule has 0 bridgehead atoms. The van der Waals surface area contributed by atoms with Crippen molar-refractivity contribution in [3.8, 4) is 0 Å². The molecule has 3 nitrogen and oxygen atoms in total. The summed E-state index contributed by atoms with van der Waals surface area (Å²) in [7, 11) is 0. The highest BCUT2D eigenvalue weighted by Crippen LogP contribution is 2.18. The van der Waals surface area contributed by atoms with Crippen molar-refractivity contribution >= 4 is 5.91 Å². The lowest BCUT2D eigenvalue weighted by Crippen LogP contribution is -2.39. The van der Waals surface area contributed by atoms with Crippen LogP contribution in [0.5, 0.6) is 0 Å². The molecular formula is C15H24N2O. The van der Waals surface area contributed by atoms with Crippen LogP contribution in [0.25, 0.3) is 0 Å².